The minimum Gasteiger partial charge on any atom is -0.469 e. The molecule has 19 heavy (non-hydrogen) atoms. The fraction of sp³-hybridized carbons (Fsp3) is 0.462. The molecule has 106 valence electrons. The summed E-state index contributed by atoms with van der Waals surface area (Å²) in [4.78, 5) is 11.7. The summed E-state index contributed by atoms with van der Waals surface area (Å²) in [5.74, 6) is 0.486. The van der Waals surface area contributed by atoms with Crippen molar-refractivity contribution >= 4 is 27.6 Å². The molecule has 0 amide bonds. The minimum absolute atomic E-state index is 0.125. The first-order valence-electron chi connectivity index (χ1n) is 5.82. The second-order valence-corrected chi connectivity index (χ2v) is 7.60. The quantitative estimate of drug-likeness (QED) is 0.567. The average molecular weight is 302 g/mol. The Hall–Kier alpha value is -1.01. The van der Waals surface area contributed by atoms with Crippen LogP contribution in [0.5, 0.6) is 0 Å². The summed E-state index contributed by atoms with van der Waals surface area (Å²) in [7, 11) is -1.59. The van der Waals surface area contributed by atoms with Crippen molar-refractivity contribution < 1.29 is 17.9 Å². The molecule has 0 aliphatic heterocycles. The lowest BCUT2D eigenvalue weighted by Gasteiger charge is -2.14. The maximum absolute atomic E-state index is 11.7. The molecule has 1 rings (SSSR count). The van der Waals surface area contributed by atoms with E-state index in [1.54, 1.807) is 0 Å². The van der Waals surface area contributed by atoms with E-state index < -0.39 is 9.84 Å². The highest BCUT2D eigenvalue weighted by Crippen LogP contribution is 2.22. The number of sulfone groups is 1. The van der Waals surface area contributed by atoms with Crippen LogP contribution in [0.25, 0.3) is 0 Å². The Morgan fingerprint density at radius 2 is 1.95 bits per heavy atom. The summed E-state index contributed by atoms with van der Waals surface area (Å²) in [6.07, 6.45) is 1.21. The number of carbonyl (C=O) groups excluding carboxylic acids is 1. The lowest BCUT2D eigenvalue weighted by Crippen LogP contribution is -2.17. The molecule has 0 saturated carbocycles. The van der Waals surface area contributed by atoms with Gasteiger partial charge in [-0.15, -0.1) is 0 Å². The summed E-state index contributed by atoms with van der Waals surface area (Å²) in [6.45, 7) is 0. The fourth-order valence-corrected chi connectivity index (χ4v) is 3.95. The molecule has 0 aliphatic carbocycles. The van der Waals surface area contributed by atoms with Crippen molar-refractivity contribution in [3.63, 3.8) is 0 Å². The first kappa shape index (κ1) is 16.0. The third-order valence-electron chi connectivity index (χ3n) is 2.57. The topological polar surface area (TPSA) is 60.4 Å². The molecule has 0 radical (unpaired) electrons. The van der Waals surface area contributed by atoms with Crippen molar-refractivity contribution in [3.05, 3.63) is 35.9 Å². The van der Waals surface area contributed by atoms with Gasteiger partial charge in [0.2, 0.25) is 0 Å². The van der Waals surface area contributed by atoms with E-state index in [4.69, 9.17) is 4.74 Å². The van der Waals surface area contributed by atoms with Gasteiger partial charge in [0.05, 0.1) is 18.8 Å². The largest absolute Gasteiger partial charge is 0.469 e. The van der Waals surface area contributed by atoms with Crippen molar-refractivity contribution in [2.75, 3.05) is 30.6 Å². The molecule has 0 bridgehead atoms. The first-order chi connectivity index (χ1) is 8.94. The van der Waals surface area contributed by atoms with E-state index in [9.17, 15) is 13.2 Å². The Balaban J connectivity index is 2.60. The van der Waals surface area contributed by atoms with Gasteiger partial charge in [-0.05, 0) is 5.56 Å². The van der Waals surface area contributed by atoms with E-state index in [0.717, 1.165) is 5.56 Å². The Labute approximate surface area is 118 Å². The Morgan fingerprint density at radius 1 is 1.32 bits per heavy atom. The zero-order valence-electron chi connectivity index (χ0n) is 11.0. The van der Waals surface area contributed by atoms with E-state index >= 15 is 0 Å². The molecule has 1 aromatic carbocycles. The monoisotopic (exact) mass is 302 g/mol. The van der Waals surface area contributed by atoms with Crippen molar-refractivity contribution in [2.45, 2.75) is 5.92 Å². The maximum Gasteiger partial charge on any atom is 0.313 e. The van der Waals surface area contributed by atoms with E-state index in [1.165, 1.54) is 25.1 Å². The number of hydrogen-bond acceptors (Lipinski definition) is 5. The van der Waals surface area contributed by atoms with E-state index in [1.807, 2.05) is 30.3 Å². The van der Waals surface area contributed by atoms with Crippen LogP contribution in [0.1, 0.15) is 11.5 Å². The van der Waals surface area contributed by atoms with Crippen LogP contribution in [0.15, 0.2) is 30.3 Å². The number of esters is 1. The van der Waals surface area contributed by atoms with Crippen molar-refractivity contribution in [1.82, 2.24) is 0 Å². The van der Waals surface area contributed by atoms with Crippen molar-refractivity contribution in [1.29, 1.82) is 0 Å². The van der Waals surface area contributed by atoms with Gasteiger partial charge in [-0.2, -0.15) is 11.8 Å². The highest BCUT2D eigenvalue weighted by Gasteiger charge is 2.21. The molecule has 0 aliphatic rings. The molecule has 0 aromatic heterocycles. The van der Waals surface area contributed by atoms with Crippen LogP contribution in [0, 0.1) is 0 Å². The molecule has 0 heterocycles. The molecular weight excluding hydrogens is 284 g/mol. The third-order valence-corrected chi connectivity index (χ3v) is 4.84. The first-order valence-corrected chi connectivity index (χ1v) is 9.04. The number of rotatable bonds is 7. The van der Waals surface area contributed by atoms with Crippen LogP contribution < -0.4 is 0 Å². The Bertz CT molecular complexity index is 497. The molecular formula is C13H18O4S2. The summed E-state index contributed by atoms with van der Waals surface area (Å²) in [6, 6.07) is 9.37. The molecule has 6 heteroatoms. The molecule has 1 unspecified atom stereocenters. The van der Waals surface area contributed by atoms with Gasteiger partial charge in [-0.3, -0.25) is 4.79 Å². The maximum atomic E-state index is 11.7. The minimum atomic E-state index is -2.95. The van der Waals surface area contributed by atoms with Gasteiger partial charge in [0, 0.05) is 17.8 Å². The van der Waals surface area contributed by atoms with E-state index in [2.05, 4.69) is 0 Å². The normalized spacial score (nSPS) is 12.9. The summed E-state index contributed by atoms with van der Waals surface area (Å²) < 4.78 is 26.9. The fourth-order valence-electron chi connectivity index (χ4n) is 1.54. The summed E-state index contributed by atoms with van der Waals surface area (Å²) in [5.41, 5.74) is 0.890. The van der Waals surface area contributed by atoms with Gasteiger partial charge >= 0.3 is 5.97 Å². The number of carbonyl (C=O) groups is 1. The third kappa shape index (κ3) is 6.11. The molecule has 1 atom stereocenters. The molecule has 1 aromatic rings. The summed E-state index contributed by atoms with van der Waals surface area (Å²) >= 11 is 1.45. The second kappa shape index (κ2) is 7.55. The number of methoxy groups -OCH3 is 1. The number of thioether (sulfide) groups is 1. The van der Waals surface area contributed by atoms with Crippen LogP contribution in [-0.4, -0.2) is 45.0 Å². The molecule has 0 N–H and O–H groups in total. The Kier molecular flexibility index (Phi) is 6.37. The molecule has 0 fully saturated rings. The number of hydrogen-bond donors (Lipinski definition) is 0. The van der Waals surface area contributed by atoms with Crippen LogP contribution >= 0.6 is 11.8 Å². The molecule has 4 nitrogen and oxygen atoms in total. The van der Waals surface area contributed by atoms with Gasteiger partial charge in [0.1, 0.15) is 9.84 Å². The van der Waals surface area contributed by atoms with E-state index in [-0.39, 0.29) is 17.6 Å². The number of benzene rings is 1. The zero-order valence-corrected chi connectivity index (χ0v) is 12.7. The average Bonchev–Trinajstić information content (AvgIpc) is 2.38. The summed E-state index contributed by atoms with van der Waals surface area (Å²) in [5, 5.41) is 0. The highest BCUT2D eigenvalue weighted by molar-refractivity contribution is 8.00. The SMILES string of the molecule is COC(=O)C(CSCCS(C)(=O)=O)c1ccccc1. The second-order valence-electron chi connectivity index (χ2n) is 4.19. The zero-order chi connectivity index (χ0) is 14.3. The van der Waals surface area contributed by atoms with Crippen LogP contribution in [-0.2, 0) is 19.4 Å². The lowest BCUT2D eigenvalue weighted by atomic mass is 10.0. The standard InChI is InChI=1S/C13H18O4S2/c1-17-13(14)12(11-6-4-3-5-7-11)10-18-8-9-19(2,15)16/h3-7,12H,8-10H2,1-2H3. The van der Waals surface area contributed by atoms with Gasteiger partial charge < -0.3 is 4.74 Å². The van der Waals surface area contributed by atoms with E-state index in [0.29, 0.717) is 11.5 Å². The molecule has 0 saturated heterocycles. The van der Waals surface area contributed by atoms with Crippen LogP contribution in [0.3, 0.4) is 0 Å². The van der Waals surface area contributed by atoms with Gasteiger partial charge in [0.25, 0.3) is 0 Å². The highest BCUT2D eigenvalue weighted by atomic mass is 32.2. The van der Waals surface area contributed by atoms with Gasteiger partial charge in [0.15, 0.2) is 0 Å². The lowest BCUT2D eigenvalue weighted by molar-refractivity contribution is -0.141. The number of ether oxygens (including phenoxy) is 1. The van der Waals surface area contributed by atoms with Gasteiger partial charge in [-0.1, -0.05) is 30.3 Å². The smallest absolute Gasteiger partial charge is 0.313 e. The van der Waals surface area contributed by atoms with Crippen molar-refractivity contribution in [3.8, 4) is 0 Å². The van der Waals surface area contributed by atoms with Gasteiger partial charge in [-0.25, -0.2) is 8.42 Å². The predicted octanol–water partition coefficient (Wildman–Crippen LogP) is 1.72. The molecule has 0 spiro atoms. The Morgan fingerprint density at radius 3 is 2.47 bits per heavy atom. The van der Waals surface area contributed by atoms with Crippen LogP contribution in [0.4, 0.5) is 0 Å². The predicted molar refractivity (Wildman–Crippen MR) is 78.2 cm³/mol. The van der Waals surface area contributed by atoms with Crippen molar-refractivity contribution in [2.24, 2.45) is 0 Å². The van der Waals surface area contributed by atoms with Crippen LogP contribution in [0.2, 0.25) is 0 Å².